The van der Waals surface area contributed by atoms with Crippen LogP contribution < -0.4 is 9.64 Å². The topological polar surface area (TPSA) is 106 Å². The molecule has 0 aliphatic carbocycles. The monoisotopic (exact) mass is 512 g/mol. The second-order valence-corrected chi connectivity index (χ2v) is 9.00. The van der Waals surface area contributed by atoms with Crippen molar-refractivity contribution in [1.82, 2.24) is 4.98 Å². The van der Waals surface area contributed by atoms with Gasteiger partial charge in [-0.15, -0.1) is 0 Å². The first kappa shape index (κ1) is 24.4. The molecule has 35 heavy (non-hydrogen) atoms. The molecule has 8 nitrogen and oxygen atoms in total. The summed E-state index contributed by atoms with van der Waals surface area (Å²) in [6.07, 6.45) is 0. The van der Waals surface area contributed by atoms with Crippen LogP contribution in [0.5, 0.6) is 5.75 Å². The van der Waals surface area contributed by atoms with E-state index in [1.807, 2.05) is 6.92 Å². The Labute approximate surface area is 210 Å². The molecule has 1 aliphatic rings. The number of carbonyl (C=O) groups is 3. The molecule has 1 amide bonds. The summed E-state index contributed by atoms with van der Waals surface area (Å²) in [6, 6.07) is 12.2. The minimum Gasteiger partial charge on any atom is -0.507 e. The third-order valence-electron chi connectivity index (χ3n) is 5.41. The van der Waals surface area contributed by atoms with Crippen LogP contribution in [0.4, 0.5) is 5.13 Å². The number of amides is 1. The summed E-state index contributed by atoms with van der Waals surface area (Å²) in [5.41, 5.74) is 1.10. The lowest BCUT2D eigenvalue weighted by atomic mass is 9.95. The molecule has 0 bridgehead atoms. The Hall–Kier alpha value is -3.69. The van der Waals surface area contributed by atoms with Gasteiger partial charge in [0, 0.05) is 10.6 Å². The van der Waals surface area contributed by atoms with E-state index >= 15 is 0 Å². The van der Waals surface area contributed by atoms with Crippen LogP contribution in [0.15, 0.2) is 54.1 Å². The molecule has 1 fully saturated rings. The average molecular weight is 513 g/mol. The number of rotatable bonds is 6. The number of aromatic nitrogens is 1. The van der Waals surface area contributed by atoms with Gasteiger partial charge in [-0.3, -0.25) is 14.5 Å². The van der Waals surface area contributed by atoms with Gasteiger partial charge in [0.2, 0.25) is 0 Å². The van der Waals surface area contributed by atoms with Crippen LogP contribution >= 0.6 is 22.9 Å². The lowest BCUT2D eigenvalue weighted by Crippen LogP contribution is -2.29. The van der Waals surface area contributed by atoms with E-state index in [-0.39, 0.29) is 21.3 Å². The summed E-state index contributed by atoms with van der Waals surface area (Å²) < 4.78 is 10.3. The van der Waals surface area contributed by atoms with Gasteiger partial charge in [-0.2, -0.15) is 0 Å². The van der Waals surface area contributed by atoms with Gasteiger partial charge >= 0.3 is 11.9 Å². The van der Waals surface area contributed by atoms with Crippen molar-refractivity contribution >= 4 is 51.5 Å². The molecule has 4 rings (SSSR count). The third-order valence-corrected chi connectivity index (χ3v) is 6.80. The van der Waals surface area contributed by atoms with E-state index in [0.29, 0.717) is 34.2 Å². The Morgan fingerprint density at radius 3 is 2.57 bits per heavy atom. The molecule has 1 aromatic heterocycles. The van der Waals surface area contributed by atoms with Crippen molar-refractivity contribution in [3.63, 3.8) is 0 Å². The Balaban J connectivity index is 1.92. The van der Waals surface area contributed by atoms with Crippen LogP contribution in [-0.2, 0) is 14.3 Å². The number of benzene rings is 2. The summed E-state index contributed by atoms with van der Waals surface area (Å²) in [5, 5.41) is 11.8. The highest BCUT2D eigenvalue weighted by Gasteiger charge is 2.48. The second-order valence-electron chi connectivity index (χ2n) is 7.58. The van der Waals surface area contributed by atoms with Crippen LogP contribution in [0.25, 0.3) is 5.76 Å². The minimum atomic E-state index is -1.00. The summed E-state index contributed by atoms with van der Waals surface area (Å²) in [5.74, 6) is -2.20. The highest BCUT2D eigenvalue weighted by molar-refractivity contribution is 7.17. The van der Waals surface area contributed by atoms with Gasteiger partial charge in [0.25, 0.3) is 5.78 Å². The number of nitrogens with zero attached hydrogens (tertiary/aromatic N) is 2. The number of methoxy groups -OCH3 is 1. The van der Waals surface area contributed by atoms with Gasteiger partial charge in [-0.25, -0.2) is 9.78 Å². The van der Waals surface area contributed by atoms with E-state index < -0.39 is 23.7 Å². The number of thiazole rings is 1. The van der Waals surface area contributed by atoms with E-state index in [4.69, 9.17) is 21.1 Å². The number of esters is 1. The first-order valence-corrected chi connectivity index (χ1v) is 11.8. The number of carbonyl (C=O) groups excluding carboxylic acids is 3. The van der Waals surface area contributed by atoms with Crippen LogP contribution in [0.2, 0.25) is 5.02 Å². The normalized spacial score (nSPS) is 17.0. The standard InChI is InChI=1S/C25H21ClN2O6S/c1-4-34-17-7-5-6-15(12-17)20(29)18-19(14-8-10-16(26)11-9-14)28(23(31)21(18)30)25-27-13(2)22(35-25)24(32)33-3/h5-12,19,29H,4H2,1-3H3/b20-18+. The van der Waals surface area contributed by atoms with E-state index in [1.165, 1.54) is 12.0 Å². The molecule has 1 saturated heterocycles. The lowest BCUT2D eigenvalue weighted by molar-refractivity contribution is -0.132. The molecule has 0 saturated carbocycles. The number of ketones is 1. The zero-order valence-electron chi connectivity index (χ0n) is 19.1. The largest absolute Gasteiger partial charge is 0.507 e. The molecule has 1 atom stereocenters. The molecule has 1 aliphatic heterocycles. The number of anilines is 1. The molecular formula is C25H21ClN2O6S. The second kappa shape index (κ2) is 9.89. The summed E-state index contributed by atoms with van der Waals surface area (Å²) in [7, 11) is 1.25. The van der Waals surface area contributed by atoms with E-state index in [2.05, 4.69) is 4.98 Å². The van der Waals surface area contributed by atoms with Gasteiger partial charge < -0.3 is 14.6 Å². The Kier molecular flexibility index (Phi) is 6.90. The summed E-state index contributed by atoms with van der Waals surface area (Å²) >= 11 is 6.99. The van der Waals surface area contributed by atoms with Crippen molar-refractivity contribution in [2.45, 2.75) is 19.9 Å². The van der Waals surface area contributed by atoms with Crippen molar-refractivity contribution in [3.05, 3.63) is 80.8 Å². The molecule has 0 spiro atoms. The molecule has 2 heterocycles. The molecule has 1 N–H and O–H groups in total. The molecule has 180 valence electrons. The first-order chi connectivity index (χ1) is 16.8. The van der Waals surface area contributed by atoms with Crippen molar-refractivity contribution in [3.8, 4) is 5.75 Å². The van der Waals surface area contributed by atoms with Gasteiger partial charge in [0.15, 0.2) is 5.13 Å². The van der Waals surface area contributed by atoms with Crippen LogP contribution in [0.1, 0.15) is 39.5 Å². The van der Waals surface area contributed by atoms with E-state index in [1.54, 1.807) is 55.5 Å². The van der Waals surface area contributed by atoms with Crippen LogP contribution in [0.3, 0.4) is 0 Å². The summed E-state index contributed by atoms with van der Waals surface area (Å²) in [4.78, 5) is 44.4. The SMILES string of the molecule is CCOc1cccc(/C(O)=C2\C(=O)C(=O)N(c3nc(C)c(C(=O)OC)s3)C2c2ccc(Cl)cc2)c1. The highest BCUT2D eigenvalue weighted by Crippen LogP contribution is 2.44. The van der Waals surface area contributed by atoms with Crippen molar-refractivity contribution in [2.75, 3.05) is 18.6 Å². The van der Waals surface area contributed by atoms with Crippen molar-refractivity contribution in [2.24, 2.45) is 0 Å². The lowest BCUT2D eigenvalue weighted by Gasteiger charge is -2.23. The maximum Gasteiger partial charge on any atom is 0.350 e. The van der Waals surface area contributed by atoms with Gasteiger partial charge in [-0.1, -0.05) is 47.2 Å². The fourth-order valence-corrected chi connectivity index (χ4v) is 4.95. The zero-order chi connectivity index (χ0) is 25.3. The zero-order valence-corrected chi connectivity index (χ0v) is 20.6. The number of ether oxygens (including phenoxy) is 2. The number of aryl methyl sites for hydroxylation is 1. The van der Waals surface area contributed by atoms with Crippen molar-refractivity contribution in [1.29, 1.82) is 0 Å². The molecule has 10 heteroatoms. The maximum atomic E-state index is 13.3. The van der Waals surface area contributed by atoms with Gasteiger partial charge in [0.1, 0.15) is 16.4 Å². The molecule has 0 radical (unpaired) electrons. The minimum absolute atomic E-state index is 0.113. The number of hydrogen-bond donors (Lipinski definition) is 1. The molecule has 1 unspecified atom stereocenters. The maximum absolute atomic E-state index is 13.3. The predicted molar refractivity (Wildman–Crippen MR) is 132 cm³/mol. The predicted octanol–water partition coefficient (Wildman–Crippen LogP) is 4.92. The van der Waals surface area contributed by atoms with Gasteiger partial charge in [-0.05, 0) is 43.7 Å². The third kappa shape index (κ3) is 4.52. The first-order valence-electron chi connectivity index (χ1n) is 10.6. The molecular weight excluding hydrogens is 492 g/mol. The Morgan fingerprint density at radius 1 is 1.20 bits per heavy atom. The number of hydrogen-bond acceptors (Lipinski definition) is 8. The number of Topliss-reactive ketones (excluding diaryl/α,β-unsaturated/α-hetero) is 1. The number of aliphatic hydroxyl groups excluding tert-OH is 1. The fourth-order valence-electron chi connectivity index (χ4n) is 3.81. The Bertz CT molecular complexity index is 1350. The fraction of sp³-hybridized carbons (Fsp3) is 0.200. The van der Waals surface area contributed by atoms with E-state index in [0.717, 1.165) is 11.3 Å². The molecule has 2 aromatic carbocycles. The highest BCUT2D eigenvalue weighted by atomic mass is 35.5. The van der Waals surface area contributed by atoms with Crippen LogP contribution in [-0.4, -0.2) is 41.5 Å². The number of halogens is 1. The van der Waals surface area contributed by atoms with Crippen molar-refractivity contribution < 1.29 is 29.0 Å². The van der Waals surface area contributed by atoms with Gasteiger partial charge in [0.05, 0.1) is 31.0 Å². The number of aliphatic hydroxyl groups is 1. The average Bonchev–Trinajstić information content (AvgIpc) is 3.36. The van der Waals surface area contributed by atoms with E-state index in [9.17, 15) is 19.5 Å². The quantitative estimate of drug-likeness (QED) is 0.216. The summed E-state index contributed by atoms with van der Waals surface area (Å²) in [6.45, 7) is 3.86. The Morgan fingerprint density at radius 2 is 1.91 bits per heavy atom. The smallest absolute Gasteiger partial charge is 0.350 e. The molecule has 3 aromatic rings. The van der Waals surface area contributed by atoms with Crippen LogP contribution in [0, 0.1) is 6.92 Å².